The van der Waals surface area contributed by atoms with E-state index in [2.05, 4.69) is 36.5 Å². The average molecular weight is 281 g/mol. The Hall–Kier alpha value is -1.80. The molecule has 0 spiro atoms. The third-order valence-corrected chi connectivity index (χ3v) is 4.49. The van der Waals surface area contributed by atoms with Crippen LogP contribution in [0.4, 0.5) is 0 Å². The van der Waals surface area contributed by atoms with Gasteiger partial charge in [-0.05, 0) is 54.5 Å². The van der Waals surface area contributed by atoms with Crippen molar-refractivity contribution < 1.29 is 5.11 Å². The number of phenols is 1. The maximum absolute atomic E-state index is 9.42. The van der Waals surface area contributed by atoms with E-state index in [4.69, 9.17) is 0 Å². The van der Waals surface area contributed by atoms with Gasteiger partial charge in [-0.2, -0.15) is 0 Å². The van der Waals surface area contributed by atoms with Gasteiger partial charge in [0.25, 0.3) is 0 Å². The highest BCUT2D eigenvalue weighted by atomic mass is 16.3. The number of nitrogens with one attached hydrogen (secondary N) is 1. The number of hydrogen-bond donors (Lipinski definition) is 2. The molecule has 0 saturated carbocycles. The predicted octanol–water partition coefficient (Wildman–Crippen LogP) is 3.99. The van der Waals surface area contributed by atoms with Crippen molar-refractivity contribution in [3.63, 3.8) is 0 Å². The van der Waals surface area contributed by atoms with Gasteiger partial charge >= 0.3 is 0 Å². The molecule has 0 bridgehead atoms. The zero-order chi connectivity index (χ0) is 14.7. The molecular weight excluding hydrogens is 258 g/mol. The van der Waals surface area contributed by atoms with Crippen LogP contribution in [0.25, 0.3) is 0 Å². The van der Waals surface area contributed by atoms with E-state index in [1.54, 1.807) is 12.1 Å². The summed E-state index contributed by atoms with van der Waals surface area (Å²) in [6.45, 7) is 2.21. The Balaban J connectivity index is 1.69. The molecule has 0 saturated heterocycles. The number of aryl methyl sites for hydroxylation is 1. The van der Waals surface area contributed by atoms with E-state index in [9.17, 15) is 5.11 Å². The summed E-state index contributed by atoms with van der Waals surface area (Å²) in [6.07, 6.45) is 4.54. The van der Waals surface area contributed by atoms with E-state index < -0.39 is 0 Å². The predicted molar refractivity (Wildman–Crippen MR) is 86.5 cm³/mol. The van der Waals surface area contributed by atoms with Gasteiger partial charge in [-0.25, -0.2) is 0 Å². The fourth-order valence-corrected chi connectivity index (χ4v) is 3.28. The molecule has 110 valence electrons. The molecule has 2 atom stereocenters. The van der Waals surface area contributed by atoms with Gasteiger partial charge in [-0.1, -0.05) is 43.3 Å². The lowest BCUT2D eigenvalue weighted by molar-refractivity contribution is 0.391. The number of phenolic OH excluding ortho intramolecular Hbond substituents is 1. The van der Waals surface area contributed by atoms with E-state index in [1.165, 1.54) is 29.5 Å². The molecule has 2 aromatic rings. The van der Waals surface area contributed by atoms with E-state index >= 15 is 0 Å². The van der Waals surface area contributed by atoms with Crippen molar-refractivity contribution in [1.82, 2.24) is 5.32 Å². The van der Waals surface area contributed by atoms with Gasteiger partial charge in [0, 0.05) is 12.1 Å². The van der Waals surface area contributed by atoms with Crippen LogP contribution >= 0.6 is 0 Å². The molecule has 0 aromatic heterocycles. The third-order valence-electron chi connectivity index (χ3n) is 4.49. The van der Waals surface area contributed by atoms with E-state index in [0.717, 1.165) is 12.8 Å². The first-order valence-electron chi connectivity index (χ1n) is 7.88. The molecule has 1 aliphatic carbocycles. The highest BCUT2D eigenvalue weighted by molar-refractivity contribution is 5.31. The normalized spacial score (nSPS) is 19.0. The SMILES string of the molecule is CCC(NC1CCc2ccccc2C1)c1ccc(O)cc1. The van der Waals surface area contributed by atoms with Crippen molar-refractivity contribution in [2.45, 2.75) is 44.7 Å². The summed E-state index contributed by atoms with van der Waals surface area (Å²) in [5.41, 5.74) is 4.25. The molecule has 2 aromatic carbocycles. The molecule has 0 fully saturated rings. The molecule has 0 aliphatic heterocycles. The van der Waals surface area contributed by atoms with Gasteiger partial charge in [0.1, 0.15) is 5.75 Å². The summed E-state index contributed by atoms with van der Waals surface area (Å²) in [7, 11) is 0. The molecule has 3 rings (SSSR count). The topological polar surface area (TPSA) is 32.3 Å². The molecule has 0 heterocycles. The molecule has 21 heavy (non-hydrogen) atoms. The van der Waals surface area contributed by atoms with Crippen LogP contribution in [0.15, 0.2) is 48.5 Å². The number of rotatable bonds is 4. The Morgan fingerprint density at radius 3 is 2.52 bits per heavy atom. The first-order chi connectivity index (χ1) is 10.3. The Bertz CT molecular complexity index is 591. The molecule has 2 N–H and O–H groups in total. The quantitative estimate of drug-likeness (QED) is 0.888. The minimum absolute atomic E-state index is 0.334. The second-order valence-corrected chi connectivity index (χ2v) is 5.93. The van der Waals surface area contributed by atoms with Crippen molar-refractivity contribution in [2.75, 3.05) is 0 Å². The Kier molecular flexibility index (Phi) is 4.26. The lowest BCUT2D eigenvalue weighted by Gasteiger charge is -2.29. The van der Waals surface area contributed by atoms with Gasteiger partial charge in [0.15, 0.2) is 0 Å². The largest absolute Gasteiger partial charge is 0.508 e. The molecule has 2 nitrogen and oxygen atoms in total. The van der Waals surface area contributed by atoms with Crippen LogP contribution in [0.1, 0.15) is 42.5 Å². The Morgan fingerprint density at radius 1 is 1.10 bits per heavy atom. The zero-order valence-electron chi connectivity index (χ0n) is 12.5. The summed E-state index contributed by atoms with van der Waals surface area (Å²) in [5.74, 6) is 0.334. The Labute approximate surface area is 126 Å². The highest BCUT2D eigenvalue weighted by Crippen LogP contribution is 2.25. The van der Waals surface area contributed by atoms with Crippen molar-refractivity contribution in [3.05, 3.63) is 65.2 Å². The molecular formula is C19H23NO. The lowest BCUT2D eigenvalue weighted by atomic mass is 9.87. The summed E-state index contributed by atoms with van der Waals surface area (Å²) in [5, 5.41) is 13.2. The van der Waals surface area contributed by atoms with Crippen molar-refractivity contribution >= 4 is 0 Å². The summed E-state index contributed by atoms with van der Waals surface area (Å²) < 4.78 is 0. The average Bonchev–Trinajstić information content (AvgIpc) is 2.53. The van der Waals surface area contributed by atoms with Crippen LogP contribution in [0, 0.1) is 0 Å². The Morgan fingerprint density at radius 2 is 1.81 bits per heavy atom. The number of aromatic hydroxyl groups is 1. The fraction of sp³-hybridized carbons (Fsp3) is 0.368. The first-order valence-corrected chi connectivity index (χ1v) is 7.88. The standard InChI is InChI=1S/C19H23NO/c1-2-19(15-8-11-18(21)12-9-15)20-17-10-7-14-5-3-4-6-16(14)13-17/h3-6,8-9,11-12,17,19-21H,2,7,10,13H2,1H3. The summed E-state index contributed by atoms with van der Waals surface area (Å²) in [6, 6.07) is 17.3. The van der Waals surface area contributed by atoms with Gasteiger partial charge in [-0.15, -0.1) is 0 Å². The molecule has 2 unspecified atom stereocenters. The smallest absolute Gasteiger partial charge is 0.115 e. The van der Waals surface area contributed by atoms with Gasteiger partial charge in [0.05, 0.1) is 0 Å². The van der Waals surface area contributed by atoms with Crippen LogP contribution in [0.2, 0.25) is 0 Å². The molecule has 0 radical (unpaired) electrons. The maximum Gasteiger partial charge on any atom is 0.115 e. The minimum atomic E-state index is 0.334. The maximum atomic E-state index is 9.42. The van der Waals surface area contributed by atoms with Crippen LogP contribution in [0.3, 0.4) is 0 Å². The van der Waals surface area contributed by atoms with Gasteiger partial charge < -0.3 is 10.4 Å². The molecule has 2 heteroatoms. The first kappa shape index (κ1) is 14.2. The van der Waals surface area contributed by atoms with Crippen molar-refractivity contribution in [3.8, 4) is 5.75 Å². The second-order valence-electron chi connectivity index (χ2n) is 5.93. The third kappa shape index (κ3) is 3.27. The van der Waals surface area contributed by atoms with E-state index in [1.807, 2.05) is 12.1 Å². The van der Waals surface area contributed by atoms with Crippen molar-refractivity contribution in [2.24, 2.45) is 0 Å². The van der Waals surface area contributed by atoms with E-state index in [-0.39, 0.29) is 0 Å². The van der Waals surface area contributed by atoms with Gasteiger partial charge in [-0.3, -0.25) is 0 Å². The van der Waals surface area contributed by atoms with Crippen LogP contribution < -0.4 is 5.32 Å². The molecule has 1 aliphatic rings. The second kappa shape index (κ2) is 6.31. The lowest BCUT2D eigenvalue weighted by Crippen LogP contribution is -2.37. The zero-order valence-corrected chi connectivity index (χ0v) is 12.5. The monoisotopic (exact) mass is 281 g/mol. The van der Waals surface area contributed by atoms with Crippen LogP contribution in [-0.4, -0.2) is 11.1 Å². The number of fused-ring (bicyclic) bond motifs is 1. The number of benzene rings is 2. The van der Waals surface area contributed by atoms with Crippen molar-refractivity contribution in [1.29, 1.82) is 0 Å². The number of hydrogen-bond acceptors (Lipinski definition) is 2. The molecule has 0 amide bonds. The summed E-state index contributed by atoms with van der Waals surface area (Å²) in [4.78, 5) is 0. The summed E-state index contributed by atoms with van der Waals surface area (Å²) >= 11 is 0. The van der Waals surface area contributed by atoms with Crippen LogP contribution in [-0.2, 0) is 12.8 Å². The van der Waals surface area contributed by atoms with Gasteiger partial charge in [0.2, 0.25) is 0 Å². The van der Waals surface area contributed by atoms with Crippen LogP contribution in [0.5, 0.6) is 5.75 Å². The fourth-order valence-electron chi connectivity index (χ4n) is 3.28. The van der Waals surface area contributed by atoms with E-state index in [0.29, 0.717) is 17.8 Å². The minimum Gasteiger partial charge on any atom is -0.508 e. The highest BCUT2D eigenvalue weighted by Gasteiger charge is 2.21.